The van der Waals surface area contributed by atoms with Crippen LogP contribution in [-0.4, -0.2) is 46.5 Å². The van der Waals surface area contributed by atoms with E-state index in [4.69, 9.17) is 4.74 Å². The Morgan fingerprint density at radius 3 is 2.62 bits per heavy atom. The molecule has 176 valence electrons. The van der Waals surface area contributed by atoms with Crippen molar-refractivity contribution in [2.24, 2.45) is 0 Å². The molecular weight excluding hydrogens is 466 g/mol. The Balaban J connectivity index is 1.78. The summed E-state index contributed by atoms with van der Waals surface area (Å²) in [6.45, 7) is 13.4. The van der Waals surface area contributed by atoms with Crippen LogP contribution in [0.2, 0.25) is 0 Å². The van der Waals surface area contributed by atoms with Gasteiger partial charge in [-0.3, -0.25) is 4.79 Å². The van der Waals surface area contributed by atoms with E-state index in [0.717, 1.165) is 32.9 Å². The van der Waals surface area contributed by atoms with E-state index in [2.05, 4.69) is 60.8 Å². The summed E-state index contributed by atoms with van der Waals surface area (Å²) in [4.78, 5) is 26.7. The van der Waals surface area contributed by atoms with E-state index in [0.29, 0.717) is 17.0 Å². The molecule has 1 amide bonds. The van der Waals surface area contributed by atoms with Gasteiger partial charge in [0, 0.05) is 22.5 Å². The van der Waals surface area contributed by atoms with Gasteiger partial charge in [0.05, 0.1) is 17.9 Å². The summed E-state index contributed by atoms with van der Waals surface area (Å²) in [5.74, 6) is -0.403. The number of nitrogens with one attached hydrogen (secondary N) is 3. The van der Waals surface area contributed by atoms with Gasteiger partial charge in [-0.05, 0) is 53.0 Å². The Morgan fingerprint density at radius 1 is 1.19 bits per heavy atom. The Labute approximate surface area is 201 Å². The fourth-order valence-corrected chi connectivity index (χ4v) is 6.75. The van der Waals surface area contributed by atoms with Gasteiger partial charge in [-0.25, -0.2) is 4.79 Å². The lowest BCUT2D eigenvalue weighted by Crippen LogP contribution is -2.55. The van der Waals surface area contributed by atoms with Crippen molar-refractivity contribution in [1.82, 2.24) is 15.5 Å². The van der Waals surface area contributed by atoms with Crippen LogP contribution in [0.25, 0.3) is 0 Å². The summed E-state index contributed by atoms with van der Waals surface area (Å²) in [5, 5.41) is 19.3. The number of nitrogens with zero attached hydrogens (tertiary/aromatic N) is 2. The smallest absolute Gasteiger partial charge is 0.341 e. The molecule has 0 unspecified atom stereocenters. The van der Waals surface area contributed by atoms with Crippen LogP contribution in [0.1, 0.15) is 68.8 Å². The second-order valence-corrected chi connectivity index (χ2v) is 12.0. The van der Waals surface area contributed by atoms with Crippen LogP contribution in [-0.2, 0) is 21.5 Å². The van der Waals surface area contributed by atoms with Crippen molar-refractivity contribution < 1.29 is 14.3 Å². The minimum Gasteiger partial charge on any atom is -0.462 e. The summed E-state index contributed by atoms with van der Waals surface area (Å²) in [5.41, 5.74) is 0.933. The van der Waals surface area contributed by atoms with E-state index >= 15 is 0 Å². The van der Waals surface area contributed by atoms with Gasteiger partial charge in [-0.2, -0.15) is 0 Å². The zero-order chi connectivity index (χ0) is 23.5. The number of anilines is 2. The Morgan fingerprint density at radius 2 is 1.94 bits per heavy atom. The molecule has 3 heterocycles. The number of ether oxygens (including phenoxy) is 1. The fourth-order valence-electron chi connectivity index (χ4n) is 3.90. The first kappa shape index (κ1) is 24.9. The second kappa shape index (κ2) is 10.1. The predicted molar refractivity (Wildman–Crippen MR) is 132 cm³/mol. The standard InChI is InChI=1S/C21H31N5O3S3/c1-7-9-22-18-24-25-19(32-18)30-11-13(27)23-16-14(17(28)29-8-2)12-10-20(3,4)26-21(5,6)15(12)31-16/h26H,7-11H2,1-6H3,(H,22,24)(H,23,27). The normalized spacial score (nSPS) is 16.3. The number of thiophene rings is 1. The highest BCUT2D eigenvalue weighted by molar-refractivity contribution is 8.01. The van der Waals surface area contributed by atoms with Crippen LogP contribution in [0.4, 0.5) is 10.1 Å². The molecule has 0 aliphatic carbocycles. The van der Waals surface area contributed by atoms with Crippen LogP contribution in [0.15, 0.2) is 4.34 Å². The average Bonchev–Trinajstić information content (AvgIpc) is 3.28. The number of aromatic nitrogens is 2. The molecule has 0 fully saturated rings. The molecule has 3 N–H and O–H groups in total. The van der Waals surface area contributed by atoms with Crippen molar-refractivity contribution in [2.45, 2.75) is 69.8 Å². The van der Waals surface area contributed by atoms with Gasteiger partial charge < -0.3 is 20.7 Å². The number of esters is 1. The Bertz CT molecular complexity index is 983. The topological polar surface area (TPSA) is 105 Å². The molecule has 0 aromatic carbocycles. The number of carbonyl (C=O) groups is 2. The number of thioether (sulfide) groups is 1. The van der Waals surface area contributed by atoms with E-state index in [1.807, 2.05) is 0 Å². The highest BCUT2D eigenvalue weighted by Gasteiger charge is 2.42. The molecule has 1 aliphatic heterocycles. The molecule has 2 aromatic heterocycles. The summed E-state index contributed by atoms with van der Waals surface area (Å²) >= 11 is 4.20. The molecule has 8 nitrogen and oxygen atoms in total. The molecule has 1 aliphatic rings. The number of carbonyl (C=O) groups excluding carboxylic acids is 2. The summed E-state index contributed by atoms with van der Waals surface area (Å²) in [6, 6.07) is 0. The van der Waals surface area contributed by atoms with E-state index in [9.17, 15) is 9.59 Å². The molecular formula is C21H31N5O3S3. The van der Waals surface area contributed by atoms with Gasteiger partial charge in [-0.15, -0.1) is 21.5 Å². The van der Waals surface area contributed by atoms with E-state index < -0.39 is 5.97 Å². The number of amides is 1. The monoisotopic (exact) mass is 497 g/mol. The van der Waals surface area contributed by atoms with Crippen LogP contribution in [0, 0.1) is 0 Å². The lowest BCUT2D eigenvalue weighted by atomic mass is 9.81. The third-order valence-electron chi connectivity index (χ3n) is 4.84. The first-order valence-corrected chi connectivity index (χ1v) is 13.3. The van der Waals surface area contributed by atoms with Gasteiger partial charge in [0.1, 0.15) is 5.00 Å². The maximum Gasteiger partial charge on any atom is 0.341 e. The lowest BCUT2D eigenvalue weighted by molar-refractivity contribution is -0.113. The second-order valence-electron chi connectivity index (χ2n) is 8.78. The number of fused-ring (bicyclic) bond motifs is 1. The molecule has 0 saturated heterocycles. The molecule has 0 spiro atoms. The fraction of sp³-hybridized carbons (Fsp3) is 0.619. The predicted octanol–water partition coefficient (Wildman–Crippen LogP) is 4.49. The maximum absolute atomic E-state index is 12.9. The van der Waals surface area contributed by atoms with Gasteiger partial charge in [0.2, 0.25) is 11.0 Å². The van der Waals surface area contributed by atoms with Crippen molar-refractivity contribution in [3.8, 4) is 0 Å². The minimum absolute atomic E-state index is 0.181. The highest BCUT2D eigenvalue weighted by atomic mass is 32.2. The molecule has 32 heavy (non-hydrogen) atoms. The van der Waals surface area contributed by atoms with Gasteiger partial charge in [0.15, 0.2) is 4.34 Å². The zero-order valence-electron chi connectivity index (χ0n) is 19.4. The largest absolute Gasteiger partial charge is 0.462 e. The van der Waals surface area contributed by atoms with Gasteiger partial charge in [-0.1, -0.05) is 30.0 Å². The maximum atomic E-state index is 12.9. The first-order valence-electron chi connectivity index (χ1n) is 10.7. The third-order valence-corrected chi connectivity index (χ3v) is 8.32. The number of hydrogen-bond acceptors (Lipinski definition) is 10. The quantitative estimate of drug-likeness (QED) is 0.344. The van der Waals surface area contributed by atoms with E-state index in [-0.39, 0.29) is 29.3 Å². The van der Waals surface area contributed by atoms with Crippen LogP contribution < -0.4 is 16.0 Å². The molecule has 0 bridgehead atoms. The first-order chi connectivity index (χ1) is 15.1. The van der Waals surface area contributed by atoms with Crippen molar-refractivity contribution in [1.29, 1.82) is 0 Å². The highest BCUT2D eigenvalue weighted by Crippen LogP contribution is 2.45. The molecule has 0 atom stereocenters. The van der Waals surface area contributed by atoms with Crippen molar-refractivity contribution in [3.05, 3.63) is 16.0 Å². The SMILES string of the molecule is CCCNc1nnc(SCC(=O)Nc2sc3c(c2C(=O)OCC)CC(C)(C)NC3(C)C)s1. The van der Waals surface area contributed by atoms with Crippen LogP contribution in [0.3, 0.4) is 0 Å². The number of hydrogen-bond donors (Lipinski definition) is 3. The average molecular weight is 498 g/mol. The molecule has 0 radical (unpaired) electrons. The van der Waals surface area contributed by atoms with E-state index in [1.54, 1.807) is 6.92 Å². The third kappa shape index (κ3) is 5.81. The van der Waals surface area contributed by atoms with Gasteiger partial charge >= 0.3 is 5.97 Å². The summed E-state index contributed by atoms with van der Waals surface area (Å²) in [7, 11) is 0. The van der Waals surface area contributed by atoms with Crippen LogP contribution in [0.5, 0.6) is 0 Å². The zero-order valence-corrected chi connectivity index (χ0v) is 21.8. The van der Waals surface area contributed by atoms with E-state index in [1.165, 1.54) is 34.4 Å². The number of rotatable bonds is 9. The van der Waals surface area contributed by atoms with Crippen LogP contribution >= 0.6 is 34.4 Å². The summed E-state index contributed by atoms with van der Waals surface area (Å²) < 4.78 is 6.07. The van der Waals surface area contributed by atoms with Crippen molar-refractivity contribution in [3.63, 3.8) is 0 Å². The minimum atomic E-state index is -0.391. The molecule has 0 saturated carbocycles. The Hall–Kier alpha value is -1.69. The lowest BCUT2D eigenvalue weighted by Gasteiger charge is -2.42. The van der Waals surface area contributed by atoms with Crippen molar-refractivity contribution >= 4 is 56.4 Å². The Kier molecular flexibility index (Phi) is 7.85. The molecule has 2 aromatic rings. The molecule has 3 rings (SSSR count). The summed E-state index contributed by atoms with van der Waals surface area (Å²) in [6.07, 6.45) is 1.68. The van der Waals surface area contributed by atoms with Crippen molar-refractivity contribution in [2.75, 3.05) is 29.5 Å². The van der Waals surface area contributed by atoms with Gasteiger partial charge in [0.25, 0.3) is 0 Å². The molecule has 11 heteroatoms.